The summed E-state index contributed by atoms with van der Waals surface area (Å²) in [5, 5.41) is 6.44. The third kappa shape index (κ3) is 4.59. The van der Waals surface area contributed by atoms with Gasteiger partial charge in [-0.1, -0.05) is 12.1 Å². The van der Waals surface area contributed by atoms with Crippen molar-refractivity contribution in [3.05, 3.63) is 91.1 Å². The van der Waals surface area contributed by atoms with Crippen LogP contribution < -0.4 is 15.4 Å². The molecule has 0 fully saturated rings. The molecule has 0 bridgehead atoms. The molecule has 1 aromatic carbocycles. The van der Waals surface area contributed by atoms with Gasteiger partial charge in [0.15, 0.2) is 5.82 Å². The molecule has 0 spiro atoms. The molecular formula is C21H18N6O. The van der Waals surface area contributed by atoms with Gasteiger partial charge in [0, 0.05) is 30.5 Å². The molecule has 0 unspecified atom stereocenters. The van der Waals surface area contributed by atoms with E-state index in [0.717, 1.165) is 17.2 Å². The first-order valence-electron chi connectivity index (χ1n) is 8.77. The number of ether oxygens (including phenoxy) is 1. The van der Waals surface area contributed by atoms with Crippen LogP contribution in [-0.4, -0.2) is 19.9 Å². The van der Waals surface area contributed by atoms with Gasteiger partial charge in [-0.2, -0.15) is 0 Å². The molecule has 4 aromatic rings. The van der Waals surface area contributed by atoms with Crippen LogP contribution in [0.1, 0.15) is 5.69 Å². The van der Waals surface area contributed by atoms with Crippen molar-refractivity contribution in [3.8, 4) is 11.6 Å². The number of rotatable bonds is 7. The molecule has 0 aliphatic heterocycles. The van der Waals surface area contributed by atoms with Gasteiger partial charge in [0.2, 0.25) is 0 Å². The zero-order valence-corrected chi connectivity index (χ0v) is 15.0. The third-order valence-corrected chi connectivity index (χ3v) is 3.83. The monoisotopic (exact) mass is 370 g/mol. The van der Waals surface area contributed by atoms with Gasteiger partial charge in [-0.25, -0.2) is 15.0 Å². The lowest BCUT2D eigenvalue weighted by atomic mass is 10.3. The molecule has 3 aromatic heterocycles. The molecule has 2 N–H and O–H groups in total. The van der Waals surface area contributed by atoms with Crippen LogP contribution in [-0.2, 0) is 6.54 Å². The van der Waals surface area contributed by atoms with E-state index in [-0.39, 0.29) is 0 Å². The zero-order chi connectivity index (χ0) is 19.0. The summed E-state index contributed by atoms with van der Waals surface area (Å²) in [5.74, 6) is 2.41. The summed E-state index contributed by atoms with van der Waals surface area (Å²) in [6.45, 7) is 0.531. The first-order chi connectivity index (χ1) is 13.9. The van der Waals surface area contributed by atoms with Crippen molar-refractivity contribution in [2.24, 2.45) is 0 Å². The molecule has 0 saturated heterocycles. The average Bonchev–Trinajstić information content (AvgIpc) is 2.76. The minimum Gasteiger partial charge on any atom is -0.436 e. The number of anilines is 3. The van der Waals surface area contributed by atoms with Crippen molar-refractivity contribution >= 4 is 17.3 Å². The van der Waals surface area contributed by atoms with Crippen molar-refractivity contribution in [1.29, 1.82) is 0 Å². The fourth-order valence-electron chi connectivity index (χ4n) is 2.50. The highest BCUT2D eigenvalue weighted by molar-refractivity contribution is 5.57. The van der Waals surface area contributed by atoms with Crippen molar-refractivity contribution in [3.63, 3.8) is 0 Å². The second kappa shape index (κ2) is 8.59. The third-order valence-electron chi connectivity index (χ3n) is 3.83. The Morgan fingerprint density at radius 2 is 1.50 bits per heavy atom. The average molecular weight is 370 g/mol. The van der Waals surface area contributed by atoms with Gasteiger partial charge in [0.05, 0.1) is 12.2 Å². The van der Waals surface area contributed by atoms with Gasteiger partial charge in [0.1, 0.15) is 11.6 Å². The largest absolute Gasteiger partial charge is 0.436 e. The molecule has 0 aliphatic carbocycles. The maximum absolute atomic E-state index is 5.90. The highest BCUT2D eigenvalue weighted by Crippen LogP contribution is 2.27. The van der Waals surface area contributed by atoms with Crippen LogP contribution >= 0.6 is 0 Å². The fraction of sp³-hybridized carbons (Fsp3) is 0.0476. The van der Waals surface area contributed by atoms with Crippen molar-refractivity contribution in [1.82, 2.24) is 19.9 Å². The van der Waals surface area contributed by atoms with E-state index in [1.807, 2.05) is 60.7 Å². The van der Waals surface area contributed by atoms with E-state index in [1.165, 1.54) is 0 Å². The molecule has 0 atom stereocenters. The normalized spacial score (nSPS) is 10.3. The van der Waals surface area contributed by atoms with Crippen LogP contribution in [0, 0.1) is 0 Å². The molecule has 4 rings (SSSR count). The highest BCUT2D eigenvalue weighted by atomic mass is 16.5. The minimum atomic E-state index is 0.406. The molecule has 0 radical (unpaired) electrons. The second-order valence-corrected chi connectivity index (χ2v) is 5.85. The van der Waals surface area contributed by atoms with Crippen LogP contribution in [0.4, 0.5) is 17.3 Å². The number of hydrogen-bond acceptors (Lipinski definition) is 7. The highest BCUT2D eigenvalue weighted by Gasteiger charge is 2.08. The first-order valence-corrected chi connectivity index (χ1v) is 8.77. The molecular weight excluding hydrogens is 352 g/mol. The summed E-state index contributed by atoms with van der Waals surface area (Å²) in [7, 11) is 0. The Labute approximate surface area is 162 Å². The van der Waals surface area contributed by atoms with Crippen LogP contribution in [0.2, 0.25) is 0 Å². The number of pyridine rings is 2. The molecule has 7 heteroatoms. The lowest BCUT2D eigenvalue weighted by Crippen LogP contribution is -2.05. The zero-order valence-electron chi connectivity index (χ0n) is 15.0. The number of benzene rings is 1. The molecule has 0 aliphatic rings. The topological polar surface area (TPSA) is 84.9 Å². The van der Waals surface area contributed by atoms with Crippen LogP contribution in [0.15, 0.2) is 85.5 Å². The van der Waals surface area contributed by atoms with Crippen molar-refractivity contribution < 1.29 is 4.74 Å². The summed E-state index contributed by atoms with van der Waals surface area (Å²) in [6, 6.07) is 19.0. The first kappa shape index (κ1) is 17.4. The quantitative estimate of drug-likeness (QED) is 0.498. The van der Waals surface area contributed by atoms with Gasteiger partial charge < -0.3 is 15.4 Å². The summed E-state index contributed by atoms with van der Waals surface area (Å²) in [6.07, 6.45) is 6.71. The van der Waals surface area contributed by atoms with Gasteiger partial charge >= 0.3 is 0 Å². The van der Waals surface area contributed by atoms with Gasteiger partial charge in [-0.05, 0) is 48.5 Å². The smallest absolute Gasteiger partial charge is 0.262 e. The van der Waals surface area contributed by atoms with E-state index in [0.29, 0.717) is 24.0 Å². The van der Waals surface area contributed by atoms with Gasteiger partial charge in [-0.15, -0.1) is 0 Å². The molecule has 0 amide bonds. The number of aromatic nitrogens is 4. The Morgan fingerprint density at radius 3 is 2.25 bits per heavy atom. The number of nitrogens with one attached hydrogen (secondary N) is 2. The fourth-order valence-corrected chi connectivity index (χ4v) is 2.50. The van der Waals surface area contributed by atoms with Crippen molar-refractivity contribution in [2.75, 3.05) is 10.6 Å². The Balaban J connectivity index is 1.42. The Morgan fingerprint density at radius 1 is 0.714 bits per heavy atom. The second-order valence-electron chi connectivity index (χ2n) is 5.85. The number of hydrogen-bond donors (Lipinski definition) is 2. The molecule has 7 nitrogen and oxygen atoms in total. The lowest BCUT2D eigenvalue weighted by molar-refractivity contribution is 0.462. The summed E-state index contributed by atoms with van der Waals surface area (Å²) in [5.41, 5.74) is 1.82. The van der Waals surface area contributed by atoms with Gasteiger partial charge in [-0.3, -0.25) is 4.98 Å². The summed E-state index contributed by atoms with van der Waals surface area (Å²) >= 11 is 0. The maximum Gasteiger partial charge on any atom is 0.262 e. The van der Waals surface area contributed by atoms with Crippen LogP contribution in [0.5, 0.6) is 11.6 Å². The van der Waals surface area contributed by atoms with E-state index < -0.39 is 0 Å². The van der Waals surface area contributed by atoms with E-state index in [9.17, 15) is 0 Å². The standard InChI is InChI=1S/C21H18N6O/c1-3-11-22-17(5-1)15-26-20-21(25-14-13-24-20)28-18-9-7-16(8-10-18)27-19-6-2-4-12-23-19/h1-14H,15H2,(H,23,27)(H,24,26). The Kier molecular flexibility index (Phi) is 5.34. The molecule has 28 heavy (non-hydrogen) atoms. The van der Waals surface area contributed by atoms with E-state index in [2.05, 4.69) is 30.6 Å². The minimum absolute atomic E-state index is 0.406. The molecule has 0 saturated carbocycles. The Bertz CT molecular complexity index is 1010. The summed E-state index contributed by atoms with van der Waals surface area (Å²) in [4.78, 5) is 17.1. The van der Waals surface area contributed by atoms with Gasteiger partial charge in [0.25, 0.3) is 5.88 Å². The lowest BCUT2D eigenvalue weighted by Gasteiger charge is -2.11. The predicted molar refractivity (Wildman–Crippen MR) is 108 cm³/mol. The summed E-state index contributed by atoms with van der Waals surface area (Å²) < 4.78 is 5.90. The van der Waals surface area contributed by atoms with Crippen LogP contribution in [0.25, 0.3) is 0 Å². The van der Waals surface area contributed by atoms with E-state index in [1.54, 1.807) is 24.8 Å². The SMILES string of the molecule is c1ccc(CNc2nccnc2Oc2ccc(Nc3ccccn3)cc2)nc1. The van der Waals surface area contributed by atoms with E-state index in [4.69, 9.17) is 4.74 Å². The predicted octanol–water partition coefficient (Wildman–Crippen LogP) is 4.41. The van der Waals surface area contributed by atoms with E-state index >= 15 is 0 Å². The Hall–Kier alpha value is -4.00. The van der Waals surface area contributed by atoms with Crippen LogP contribution in [0.3, 0.4) is 0 Å². The maximum atomic E-state index is 5.90. The number of nitrogens with zero attached hydrogens (tertiary/aromatic N) is 4. The van der Waals surface area contributed by atoms with Crippen molar-refractivity contribution in [2.45, 2.75) is 6.54 Å². The molecule has 3 heterocycles. The molecule has 138 valence electrons.